The SMILES string of the molecule is CCCCCOC(=O)c1cc(O)cc(C(C)=O)c1. The molecule has 0 unspecified atom stereocenters. The van der Waals surface area contributed by atoms with Gasteiger partial charge >= 0.3 is 5.97 Å². The zero-order chi connectivity index (χ0) is 13.5. The minimum Gasteiger partial charge on any atom is -0.508 e. The summed E-state index contributed by atoms with van der Waals surface area (Å²) in [5.41, 5.74) is 0.507. The molecule has 0 heterocycles. The number of esters is 1. The van der Waals surface area contributed by atoms with Crippen molar-refractivity contribution in [3.63, 3.8) is 0 Å². The highest BCUT2D eigenvalue weighted by Gasteiger charge is 2.11. The van der Waals surface area contributed by atoms with Crippen LogP contribution in [0.15, 0.2) is 18.2 Å². The number of aromatic hydroxyl groups is 1. The average molecular weight is 250 g/mol. The van der Waals surface area contributed by atoms with Gasteiger partial charge in [-0.2, -0.15) is 0 Å². The van der Waals surface area contributed by atoms with Crippen molar-refractivity contribution in [2.75, 3.05) is 6.61 Å². The molecule has 0 atom stereocenters. The van der Waals surface area contributed by atoms with Gasteiger partial charge in [0.1, 0.15) is 5.75 Å². The van der Waals surface area contributed by atoms with Gasteiger partial charge in [0, 0.05) is 5.56 Å². The maximum absolute atomic E-state index is 11.7. The van der Waals surface area contributed by atoms with E-state index in [2.05, 4.69) is 6.92 Å². The van der Waals surface area contributed by atoms with Crippen molar-refractivity contribution in [1.82, 2.24) is 0 Å². The van der Waals surface area contributed by atoms with E-state index in [4.69, 9.17) is 4.74 Å². The summed E-state index contributed by atoms with van der Waals surface area (Å²) in [6.45, 7) is 3.80. The molecule has 0 aliphatic rings. The van der Waals surface area contributed by atoms with Crippen LogP contribution in [-0.4, -0.2) is 23.5 Å². The van der Waals surface area contributed by atoms with Gasteiger partial charge in [0.05, 0.1) is 12.2 Å². The third-order valence-corrected chi connectivity index (χ3v) is 2.54. The lowest BCUT2D eigenvalue weighted by Gasteiger charge is -2.06. The summed E-state index contributed by atoms with van der Waals surface area (Å²) in [5, 5.41) is 9.44. The minimum atomic E-state index is -0.510. The first-order valence-corrected chi connectivity index (χ1v) is 6.06. The number of rotatable bonds is 6. The summed E-state index contributed by atoms with van der Waals surface area (Å²) in [6, 6.07) is 4.06. The predicted molar refractivity (Wildman–Crippen MR) is 67.9 cm³/mol. The van der Waals surface area contributed by atoms with Crippen molar-refractivity contribution in [1.29, 1.82) is 0 Å². The summed E-state index contributed by atoms with van der Waals surface area (Å²) in [4.78, 5) is 22.9. The second-order valence-electron chi connectivity index (χ2n) is 4.17. The molecule has 0 spiro atoms. The van der Waals surface area contributed by atoms with Gasteiger partial charge < -0.3 is 9.84 Å². The van der Waals surface area contributed by atoms with Crippen molar-refractivity contribution in [3.05, 3.63) is 29.3 Å². The quantitative estimate of drug-likeness (QED) is 0.479. The highest BCUT2D eigenvalue weighted by Crippen LogP contribution is 2.17. The molecule has 0 aromatic heterocycles. The van der Waals surface area contributed by atoms with Gasteiger partial charge in [-0.05, 0) is 31.5 Å². The van der Waals surface area contributed by atoms with E-state index in [-0.39, 0.29) is 17.1 Å². The van der Waals surface area contributed by atoms with E-state index in [1.54, 1.807) is 0 Å². The summed E-state index contributed by atoms with van der Waals surface area (Å²) in [7, 11) is 0. The maximum atomic E-state index is 11.7. The van der Waals surface area contributed by atoms with Crippen LogP contribution in [0.1, 0.15) is 53.8 Å². The lowest BCUT2D eigenvalue weighted by Crippen LogP contribution is -2.07. The second kappa shape index (κ2) is 6.79. The van der Waals surface area contributed by atoms with Gasteiger partial charge in [-0.3, -0.25) is 4.79 Å². The van der Waals surface area contributed by atoms with Gasteiger partial charge in [0.25, 0.3) is 0 Å². The van der Waals surface area contributed by atoms with Crippen LogP contribution in [0.4, 0.5) is 0 Å². The zero-order valence-electron chi connectivity index (χ0n) is 10.7. The monoisotopic (exact) mass is 250 g/mol. The molecule has 0 aliphatic heterocycles. The Morgan fingerprint density at radius 3 is 2.44 bits per heavy atom. The lowest BCUT2D eigenvalue weighted by atomic mass is 10.1. The summed E-state index contributed by atoms with van der Waals surface area (Å²) in [6.07, 6.45) is 2.88. The second-order valence-corrected chi connectivity index (χ2v) is 4.17. The number of carbonyl (C=O) groups is 2. The van der Waals surface area contributed by atoms with E-state index in [9.17, 15) is 14.7 Å². The Morgan fingerprint density at radius 1 is 1.17 bits per heavy atom. The molecular weight excluding hydrogens is 232 g/mol. The lowest BCUT2D eigenvalue weighted by molar-refractivity contribution is 0.0497. The zero-order valence-corrected chi connectivity index (χ0v) is 10.7. The molecule has 0 fully saturated rings. The van der Waals surface area contributed by atoms with E-state index >= 15 is 0 Å². The van der Waals surface area contributed by atoms with Crippen LogP contribution in [0.25, 0.3) is 0 Å². The van der Waals surface area contributed by atoms with Crippen molar-refractivity contribution in [2.24, 2.45) is 0 Å². The Bertz CT molecular complexity index is 437. The number of Topliss-reactive ketones (excluding diaryl/α,β-unsaturated/α-hetero) is 1. The molecule has 0 amide bonds. The third-order valence-electron chi connectivity index (χ3n) is 2.54. The molecule has 1 aromatic rings. The fourth-order valence-electron chi connectivity index (χ4n) is 1.53. The van der Waals surface area contributed by atoms with E-state index in [0.717, 1.165) is 19.3 Å². The van der Waals surface area contributed by atoms with Crippen molar-refractivity contribution >= 4 is 11.8 Å². The van der Waals surface area contributed by atoms with Crippen LogP contribution in [0, 0.1) is 0 Å². The number of hydrogen-bond acceptors (Lipinski definition) is 4. The van der Waals surface area contributed by atoms with Gasteiger partial charge in [0.2, 0.25) is 0 Å². The van der Waals surface area contributed by atoms with E-state index in [1.165, 1.54) is 25.1 Å². The molecule has 18 heavy (non-hydrogen) atoms. The molecule has 98 valence electrons. The van der Waals surface area contributed by atoms with E-state index < -0.39 is 5.97 Å². The molecule has 0 radical (unpaired) electrons. The average Bonchev–Trinajstić information content (AvgIpc) is 2.33. The third kappa shape index (κ3) is 4.20. The number of carbonyl (C=O) groups excluding carboxylic acids is 2. The number of unbranched alkanes of at least 4 members (excludes halogenated alkanes) is 2. The number of phenols is 1. The first-order chi connectivity index (χ1) is 8.54. The molecule has 1 N–H and O–H groups in total. The van der Waals surface area contributed by atoms with Crippen LogP contribution >= 0.6 is 0 Å². The highest BCUT2D eigenvalue weighted by atomic mass is 16.5. The predicted octanol–water partition coefficient (Wildman–Crippen LogP) is 2.94. The van der Waals surface area contributed by atoms with Gasteiger partial charge in [-0.15, -0.1) is 0 Å². The van der Waals surface area contributed by atoms with E-state index in [0.29, 0.717) is 12.2 Å². The number of benzene rings is 1. The number of ketones is 1. The number of phenolic OH excluding ortho intramolecular Hbond substituents is 1. The fraction of sp³-hybridized carbons (Fsp3) is 0.429. The van der Waals surface area contributed by atoms with E-state index in [1.807, 2.05) is 0 Å². The van der Waals surface area contributed by atoms with Crippen molar-refractivity contribution < 1.29 is 19.4 Å². The highest BCUT2D eigenvalue weighted by molar-refractivity contribution is 5.98. The molecule has 4 heteroatoms. The Balaban J connectivity index is 2.70. The largest absolute Gasteiger partial charge is 0.508 e. The summed E-state index contributed by atoms with van der Waals surface area (Å²) >= 11 is 0. The first kappa shape index (κ1) is 14.2. The summed E-state index contributed by atoms with van der Waals surface area (Å²) in [5.74, 6) is -0.821. The molecule has 0 aliphatic carbocycles. The van der Waals surface area contributed by atoms with Gasteiger partial charge in [-0.1, -0.05) is 19.8 Å². The van der Waals surface area contributed by atoms with Crippen LogP contribution in [0.5, 0.6) is 5.75 Å². The molecule has 4 nitrogen and oxygen atoms in total. The Hall–Kier alpha value is -1.84. The van der Waals surface area contributed by atoms with Crippen LogP contribution < -0.4 is 0 Å². The molecule has 0 saturated carbocycles. The fourth-order valence-corrected chi connectivity index (χ4v) is 1.53. The molecule has 1 aromatic carbocycles. The minimum absolute atomic E-state index is 0.108. The van der Waals surface area contributed by atoms with Crippen molar-refractivity contribution in [3.8, 4) is 5.75 Å². The van der Waals surface area contributed by atoms with Gasteiger partial charge in [-0.25, -0.2) is 4.79 Å². The normalized spacial score (nSPS) is 10.1. The smallest absolute Gasteiger partial charge is 0.338 e. The Labute approximate surface area is 107 Å². The van der Waals surface area contributed by atoms with Crippen LogP contribution in [0.3, 0.4) is 0 Å². The maximum Gasteiger partial charge on any atom is 0.338 e. The molecular formula is C14H18O4. The number of ether oxygens (including phenoxy) is 1. The van der Waals surface area contributed by atoms with Crippen LogP contribution in [0.2, 0.25) is 0 Å². The Kier molecular flexibility index (Phi) is 5.36. The standard InChI is InChI=1S/C14H18O4/c1-3-4-5-6-18-14(17)12-7-11(10(2)15)8-13(16)9-12/h7-9,16H,3-6H2,1-2H3. The summed E-state index contributed by atoms with van der Waals surface area (Å²) < 4.78 is 5.06. The molecule has 0 bridgehead atoms. The number of hydrogen-bond donors (Lipinski definition) is 1. The first-order valence-electron chi connectivity index (χ1n) is 6.06. The van der Waals surface area contributed by atoms with Crippen molar-refractivity contribution in [2.45, 2.75) is 33.1 Å². The van der Waals surface area contributed by atoms with Crippen LogP contribution in [-0.2, 0) is 4.74 Å². The molecule has 1 rings (SSSR count). The topological polar surface area (TPSA) is 63.6 Å². The Morgan fingerprint density at radius 2 is 1.83 bits per heavy atom. The van der Waals surface area contributed by atoms with Gasteiger partial charge in [0.15, 0.2) is 5.78 Å². The molecule has 0 saturated heterocycles.